The van der Waals surface area contributed by atoms with Crippen molar-refractivity contribution in [3.8, 4) is 0 Å². The molecule has 0 saturated carbocycles. The minimum absolute atomic E-state index is 0.478. The maximum atomic E-state index is 5.67. The number of nitrogens with two attached hydrogens (primary N) is 1. The highest BCUT2D eigenvalue weighted by Gasteiger charge is 2.10. The molecule has 0 amide bonds. The molecule has 1 unspecified atom stereocenters. The molecule has 0 radical (unpaired) electrons. The molecule has 1 rings (SSSR count). The summed E-state index contributed by atoms with van der Waals surface area (Å²) in [5, 5.41) is 2.58. The molecule has 1 heterocycles. The van der Waals surface area contributed by atoms with Gasteiger partial charge in [-0.05, 0) is 27.7 Å². The first kappa shape index (κ1) is 10.6. The van der Waals surface area contributed by atoms with Gasteiger partial charge in [0.2, 0.25) is 0 Å². The van der Waals surface area contributed by atoms with Gasteiger partial charge in [-0.3, -0.25) is 0 Å². The summed E-state index contributed by atoms with van der Waals surface area (Å²) in [6.45, 7) is 2.89. The molecule has 4 heteroatoms. The highest BCUT2D eigenvalue weighted by molar-refractivity contribution is 9.10. The fourth-order valence-electron chi connectivity index (χ4n) is 0.965. The largest absolute Gasteiger partial charge is 0.329 e. The maximum Gasteiger partial charge on any atom is 0.0513 e. The summed E-state index contributed by atoms with van der Waals surface area (Å²) in [6, 6.07) is 2.16. The van der Waals surface area contributed by atoms with Crippen LogP contribution in [0.2, 0.25) is 0 Å². The number of halogens is 1. The monoisotopic (exact) mass is 265 g/mol. The molecule has 0 bridgehead atoms. The standard InChI is InChI=1S/C8H12BrNS2/c1-2-11-8(4-10)7-3-6(9)5-12-7/h3,5,8H,2,4,10H2,1H3. The minimum Gasteiger partial charge on any atom is -0.329 e. The SMILES string of the molecule is CCSC(CN)c1cc(Br)cs1. The summed E-state index contributed by atoms with van der Waals surface area (Å²) >= 11 is 7.12. The lowest BCUT2D eigenvalue weighted by Gasteiger charge is -2.09. The van der Waals surface area contributed by atoms with Crippen molar-refractivity contribution in [1.82, 2.24) is 0 Å². The number of thiophene rings is 1. The molecule has 0 aromatic carbocycles. The van der Waals surface area contributed by atoms with Crippen LogP contribution in [0.25, 0.3) is 0 Å². The molecule has 1 aromatic heterocycles. The maximum absolute atomic E-state index is 5.67. The van der Waals surface area contributed by atoms with E-state index < -0.39 is 0 Å². The van der Waals surface area contributed by atoms with Crippen molar-refractivity contribution < 1.29 is 0 Å². The van der Waals surface area contributed by atoms with Crippen molar-refractivity contribution in [2.75, 3.05) is 12.3 Å². The van der Waals surface area contributed by atoms with E-state index in [4.69, 9.17) is 5.73 Å². The normalized spacial score (nSPS) is 13.2. The lowest BCUT2D eigenvalue weighted by atomic mass is 10.3. The van der Waals surface area contributed by atoms with Crippen molar-refractivity contribution in [2.45, 2.75) is 12.2 Å². The van der Waals surface area contributed by atoms with Gasteiger partial charge in [-0.1, -0.05) is 6.92 Å². The molecular weight excluding hydrogens is 254 g/mol. The van der Waals surface area contributed by atoms with Gasteiger partial charge in [0.05, 0.1) is 5.25 Å². The second-order valence-corrected chi connectivity index (χ2v) is 5.69. The summed E-state index contributed by atoms with van der Waals surface area (Å²) in [4.78, 5) is 1.37. The first-order chi connectivity index (χ1) is 5.77. The van der Waals surface area contributed by atoms with Gasteiger partial charge in [0.1, 0.15) is 0 Å². The third-order valence-corrected chi connectivity index (χ3v) is 4.63. The predicted octanol–water partition coefficient (Wildman–Crippen LogP) is 3.26. The van der Waals surface area contributed by atoms with Gasteiger partial charge in [0, 0.05) is 21.3 Å². The zero-order valence-corrected chi connectivity index (χ0v) is 10.1. The second-order valence-electron chi connectivity index (χ2n) is 2.35. The Kier molecular flexibility index (Phi) is 4.64. The van der Waals surface area contributed by atoms with Gasteiger partial charge in [-0.15, -0.1) is 11.3 Å². The quantitative estimate of drug-likeness (QED) is 0.905. The van der Waals surface area contributed by atoms with Crippen LogP contribution in [-0.2, 0) is 0 Å². The van der Waals surface area contributed by atoms with E-state index in [9.17, 15) is 0 Å². The third-order valence-electron chi connectivity index (χ3n) is 1.49. The molecule has 68 valence electrons. The van der Waals surface area contributed by atoms with E-state index in [1.807, 2.05) is 11.8 Å². The molecule has 0 saturated heterocycles. The third kappa shape index (κ3) is 2.76. The Balaban J connectivity index is 2.66. The predicted molar refractivity (Wildman–Crippen MR) is 61.9 cm³/mol. The van der Waals surface area contributed by atoms with Crippen molar-refractivity contribution in [2.24, 2.45) is 5.73 Å². The average molecular weight is 266 g/mol. The van der Waals surface area contributed by atoms with E-state index in [1.54, 1.807) is 11.3 Å². The van der Waals surface area contributed by atoms with E-state index in [0.717, 1.165) is 16.8 Å². The first-order valence-corrected chi connectivity index (χ1v) is 6.55. The summed E-state index contributed by atoms with van der Waals surface area (Å²) in [5.74, 6) is 1.12. The molecule has 0 aliphatic heterocycles. The summed E-state index contributed by atoms with van der Waals surface area (Å²) in [5.41, 5.74) is 5.67. The van der Waals surface area contributed by atoms with Crippen molar-refractivity contribution in [1.29, 1.82) is 0 Å². The molecule has 1 atom stereocenters. The van der Waals surface area contributed by atoms with Crippen molar-refractivity contribution in [3.05, 3.63) is 20.8 Å². The molecule has 12 heavy (non-hydrogen) atoms. The first-order valence-electron chi connectivity index (χ1n) is 3.83. The van der Waals surface area contributed by atoms with Crippen LogP contribution in [0.15, 0.2) is 15.9 Å². The van der Waals surface area contributed by atoms with E-state index >= 15 is 0 Å². The molecular formula is C8H12BrNS2. The van der Waals surface area contributed by atoms with E-state index in [-0.39, 0.29) is 0 Å². The van der Waals surface area contributed by atoms with Crippen LogP contribution in [0.4, 0.5) is 0 Å². The van der Waals surface area contributed by atoms with Crippen LogP contribution >= 0.6 is 39.0 Å². The molecule has 2 N–H and O–H groups in total. The van der Waals surface area contributed by atoms with Gasteiger partial charge in [0.25, 0.3) is 0 Å². The highest BCUT2D eigenvalue weighted by atomic mass is 79.9. The smallest absolute Gasteiger partial charge is 0.0513 e. The molecule has 0 aliphatic carbocycles. The van der Waals surface area contributed by atoms with E-state index in [0.29, 0.717) is 5.25 Å². The Hall–Kier alpha value is 0.490. The Labute approximate surface area is 89.9 Å². The second kappa shape index (κ2) is 5.27. The van der Waals surface area contributed by atoms with Crippen molar-refractivity contribution in [3.63, 3.8) is 0 Å². The Morgan fingerprint density at radius 1 is 1.75 bits per heavy atom. The molecule has 0 spiro atoms. The zero-order valence-electron chi connectivity index (χ0n) is 6.92. The number of rotatable bonds is 4. The van der Waals surface area contributed by atoms with Crippen molar-refractivity contribution >= 4 is 39.0 Å². The Bertz CT molecular complexity index is 237. The minimum atomic E-state index is 0.478. The van der Waals surface area contributed by atoms with Crippen LogP contribution in [0, 0.1) is 0 Å². The fraction of sp³-hybridized carbons (Fsp3) is 0.500. The Morgan fingerprint density at radius 3 is 2.92 bits per heavy atom. The number of hydrogen-bond acceptors (Lipinski definition) is 3. The summed E-state index contributed by atoms with van der Waals surface area (Å²) in [7, 11) is 0. The van der Waals surface area contributed by atoms with Crippen LogP contribution in [-0.4, -0.2) is 12.3 Å². The van der Waals surface area contributed by atoms with Crippen LogP contribution in [0.3, 0.4) is 0 Å². The van der Waals surface area contributed by atoms with Gasteiger partial charge in [-0.2, -0.15) is 11.8 Å². The highest BCUT2D eigenvalue weighted by Crippen LogP contribution is 2.33. The molecule has 1 aromatic rings. The summed E-state index contributed by atoms with van der Waals surface area (Å²) < 4.78 is 1.16. The Morgan fingerprint density at radius 2 is 2.50 bits per heavy atom. The summed E-state index contributed by atoms with van der Waals surface area (Å²) in [6.07, 6.45) is 0. The fourth-order valence-corrected chi connectivity index (χ4v) is 3.54. The van der Waals surface area contributed by atoms with E-state index in [2.05, 4.69) is 34.3 Å². The van der Waals surface area contributed by atoms with Gasteiger partial charge in [0.15, 0.2) is 0 Å². The van der Waals surface area contributed by atoms with E-state index in [1.165, 1.54) is 4.88 Å². The van der Waals surface area contributed by atoms with Gasteiger partial charge in [-0.25, -0.2) is 0 Å². The topological polar surface area (TPSA) is 26.0 Å². The molecule has 0 aliphatic rings. The van der Waals surface area contributed by atoms with Gasteiger partial charge >= 0.3 is 0 Å². The zero-order chi connectivity index (χ0) is 8.97. The lowest BCUT2D eigenvalue weighted by Crippen LogP contribution is -2.08. The van der Waals surface area contributed by atoms with Gasteiger partial charge < -0.3 is 5.73 Å². The lowest BCUT2D eigenvalue weighted by molar-refractivity contribution is 0.960. The van der Waals surface area contributed by atoms with Crippen LogP contribution < -0.4 is 5.73 Å². The van der Waals surface area contributed by atoms with Crippen LogP contribution in [0.5, 0.6) is 0 Å². The average Bonchev–Trinajstić information content (AvgIpc) is 2.47. The number of thioether (sulfide) groups is 1. The molecule has 1 nitrogen and oxygen atoms in total. The number of hydrogen-bond donors (Lipinski definition) is 1. The molecule has 0 fully saturated rings. The van der Waals surface area contributed by atoms with Crippen LogP contribution in [0.1, 0.15) is 17.1 Å².